The van der Waals surface area contributed by atoms with Crippen molar-refractivity contribution < 1.29 is 9.59 Å². The Morgan fingerprint density at radius 3 is 3.04 bits per heavy atom. The summed E-state index contributed by atoms with van der Waals surface area (Å²) in [4.78, 5) is 26.5. The minimum atomic E-state index is -0.382. The predicted molar refractivity (Wildman–Crippen MR) is 94.4 cm³/mol. The third-order valence-electron chi connectivity index (χ3n) is 4.74. The van der Waals surface area contributed by atoms with Crippen molar-refractivity contribution in [3.8, 4) is 5.69 Å². The van der Waals surface area contributed by atoms with Gasteiger partial charge >= 0.3 is 0 Å². The molecule has 1 aromatic heterocycles. The number of hydrogen-bond donors (Lipinski definition) is 2. The fourth-order valence-electron chi connectivity index (χ4n) is 3.51. The van der Waals surface area contributed by atoms with E-state index < -0.39 is 0 Å². The highest BCUT2D eigenvalue weighted by Gasteiger charge is 2.33. The van der Waals surface area contributed by atoms with Crippen LogP contribution in [-0.4, -0.2) is 62.5 Å². The second-order valence-electron chi connectivity index (χ2n) is 6.44. The van der Waals surface area contributed by atoms with Crippen LogP contribution in [0, 0.1) is 6.92 Å². The first-order chi connectivity index (χ1) is 12.6. The molecule has 9 nitrogen and oxygen atoms in total. The van der Waals surface area contributed by atoms with Crippen molar-refractivity contribution in [1.29, 1.82) is 0 Å². The Morgan fingerprint density at radius 2 is 2.35 bits per heavy atom. The van der Waals surface area contributed by atoms with Crippen molar-refractivity contribution in [2.24, 2.45) is 5.73 Å². The van der Waals surface area contributed by atoms with Gasteiger partial charge in [0.1, 0.15) is 6.29 Å². The SMILES string of the molecule is Cc1cccc(CNCC(C=O)N2CCC[C@H]2C(N)=O)c1-n1ncnn1. The molecular formula is C17H23N7O2. The number of benzene rings is 1. The molecule has 1 aliphatic heterocycles. The normalized spacial score (nSPS) is 18.7. The van der Waals surface area contributed by atoms with Crippen LogP contribution >= 0.6 is 0 Å². The van der Waals surface area contributed by atoms with Gasteiger partial charge in [-0.25, -0.2) is 0 Å². The smallest absolute Gasteiger partial charge is 0.234 e. The maximum absolute atomic E-state index is 11.6. The highest BCUT2D eigenvalue weighted by Crippen LogP contribution is 2.20. The Morgan fingerprint density at radius 1 is 1.50 bits per heavy atom. The number of primary amides is 1. The van der Waals surface area contributed by atoms with Gasteiger partial charge in [-0.05, 0) is 42.7 Å². The molecule has 0 saturated carbocycles. The molecule has 138 valence electrons. The Balaban J connectivity index is 1.67. The van der Waals surface area contributed by atoms with Gasteiger partial charge in [-0.15, -0.1) is 15.0 Å². The molecular weight excluding hydrogens is 334 g/mol. The monoisotopic (exact) mass is 357 g/mol. The number of aryl methyl sites for hydroxylation is 1. The summed E-state index contributed by atoms with van der Waals surface area (Å²) in [5.74, 6) is -0.368. The minimum Gasteiger partial charge on any atom is -0.368 e. The van der Waals surface area contributed by atoms with Gasteiger partial charge in [-0.2, -0.15) is 0 Å². The molecule has 0 bridgehead atoms. The highest BCUT2D eigenvalue weighted by molar-refractivity contribution is 5.80. The van der Waals surface area contributed by atoms with Crippen LogP contribution in [-0.2, 0) is 16.1 Å². The van der Waals surface area contributed by atoms with Crippen LogP contribution in [0.4, 0.5) is 0 Å². The molecule has 2 heterocycles. The molecule has 1 fully saturated rings. The lowest BCUT2D eigenvalue weighted by molar-refractivity contribution is -0.124. The molecule has 0 aliphatic carbocycles. The number of hydrogen-bond acceptors (Lipinski definition) is 7. The van der Waals surface area contributed by atoms with E-state index in [1.807, 2.05) is 30.0 Å². The van der Waals surface area contributed by atoms with E-state index in [1.165, 1.54) is 11.1 Å². The third kappa shape index (κ3) is 3.78. The number of carbonyl (C=O) groups excluding carboxylic acids is 2. The van der Waals surface area contributed by atoms with Crippen LogP contribution in [0.3, 0.4) is 0 Å². The van der Waals surface area contributed by atoms with Crippen molar-refractivity contribution in [2.45, 2.75) is 38.4 Å². The zero-order valence-electron chi connectivity index (χ0n) is 14.7. The summed E-state index contributed by atoms with van der Waals surface area (Å²) in [6.07, 6.45) is 3.85. The van der Waals surface area contributed by atoms with E-state index in [0.717, 1.165) is 29.5 Å². The van der Waals surface area contributed by atoms with Crippen molar-refractivity contribution in [1.82, 2.24) is 30.4 Å². The highest BCUT2D eigenvalue weighted by atomic mass is 16.1. The maximum Gasteiger partial charge on any atom is 0.234 e. The lowest BCUT2D eigenvalue weighted by atomic mass is 10.1. The fraction of sp³-hybridized carbons (Fsp3) is 0.471. The fourth-order valence-corrected chi connectivity index (χ4v) is 3.51. The predicted octanol–water partition coefficient (Wildman–Crippen LogP) is -0.422. The van der Waals surface area contributed by atoms with Crippen molar-refractivity contribution >= 4 is 12.2 Å². The summed E-state index contributed by atoms with van der Waals surface area (Å²) in [6.45, 7) is 3.67. The van der Waals surface area contributed by atoms with Gasteiger partial charge in [-0.3, -0.25) is 9.69 Å². The van der Waals surface area contributed by atoms with Crippen LogP contribution < -0.4 is 11.1 Å². The van der Waals surface area contributed by atoms with Crippen molar-refractivity contribution in [3.05, 3.63) is 35.7 Å². The molecule has 0 spiro atoms. The zero-order valence-corrected chi connectivity index (χ0v) is 14.7. The Kier molecular flexibility index (Phi) is 5.69. The van der Waals surface area contributed by atoms with E-state index in [1.54, 1.807) is 0 Å². The Hall–Kier alpha value is -2.65. The van der Waals surface area contributed by atoms with Crippen LogP contribution in [0.25, 0.3) is 5.69 Å². The summed E-state index contributed by atoms with van der Waals surface area (Å²) in [5, 5.41) is 15.2. The molecule has 1 aromatic carbocycles. The molecule has 3 rings (SSSR count). The number of amides is 1. The number of nitrogens with one attached hydrogen (secondary N) is 1. The Labute approximate surface area is 151 Å². The standard InChI is InChI=1S/C17H23N7O2/c1-12-4-2-5-13(16(12)24-21-11-20-22-24)8-19-9-14(10-25)23-7-3-6-15(23)17(18)26/h2,4-5,10-11,14-15,19H,3,6-9H2,1H3,(H2,18,26)/t14?,15-/m0/s1. The number of aldehydes is 1. The minimum absolute atomic E-state index is 0.360. The van der Waals surface area contributed by atoms with Crippen LogP contribution in [0.1, 0.15) is 24.0 Å². The quantitative estimate of drug-likeness (QED) is 0.616. The van der Waals surface area contributed by atoms with Gasteiger partial charge in [0.05, 0.1) is 17.8 Å². The number of nitrogens with two attached hydrogens (primary N) is 1. The van der Waals surface area contributed by atoms with Crippen LogP contribution in [0.5, 0.6) is 0 Å². The van der Waals surface area contributed by atoms with Gasteiger partial charge in [-0.1, -0.05) is 18.2 Å². The van der Waals surface area contributed by atoms with E-state index in [4.69, 9.17) is 5.73 Å². The van der Waals surface area contributed by atoms with E-state index in [2.05, 4.69) is 20.7 Å². The van der Waals surface area contributed by atoms with Gasteiger partial charge in [0.15, 0.2) is 6.33 Å². The number of likely N-dealkylation sites (tertiary alicyclic amines) is 1. The summed E-state index contributed by atoms with van der Waals surface area (Å²) in [5.41, 5.74) is 8.35. The molecule has 2 atom stereocenters. The molecule has 1 aliphatic rings. The van der Waals surface area contributed by atoms with E-state index in [9.17, 15) is 9.59 Å². The van der Waals surface area contributed by atoms with E-state index in [0.29, 0.717) is 26.1 Å². The molecule has 1 amide bonds. The lowest BCUT2D eigenvalue weighted by Gasteiger charge is -2.28. The second-order valence-corrected chi connectivity index (χ2v) is 6.44. The number of rotatable bonds is 8. The average Bonchev–Trinajstić information content (AvgIpc) is 3.30. The Bertz CT molecular complexity index is 762. The van der Waals surface area contributed by atoms with Crippen molar-refractivity contribution in [2.75, 3.05) is 13.1 Å². The number of carbonyl (C=O) groups is 2. The maximum atomic E-state index is 11.6. The number of tetrazole rings is 1. The molecule has 2 aromatic rings. The topological polar surface area (TPSA) is 119 Å². The van der Waals surface area contributed by atoms with Gasteiger partial charge in [0, 0.05) is 13.1 Å². The molecule has 3 N–H and O–H groups in total. The summed E-state index contributed by atoms with van der Waals surface area (Å²) >= 11 is 0. The number of aromatic nitrogens is 4. The van der Waals surface area contributed by atoms with E-state index in [-0.39, 0.29) is 18.0 Å². The molecule has 0 radical (unpaired) electrons. The zero-order chi connectivity index (χ0) is 18.5. The number of nitrogens with zero attached hydrogens (tertiary/aromatic N) is 5. The molecule has 26 heavy (non-hydrogen) atoms. The molecule has 1 saturated heterocycles. The van der Waals surface area contributed by atoms with Crippen molar-refractivity contribution in [3.63, 3.8) is 0 Å². The first kappa shape index (κ1) is 18.2. The summed E-state index contributed by atoms with van der Waals surface area (Å²) in [7, 11) is 0. The lowest BCUT2D eigenvalue weighted by Crippen LogP contribution is -2.50. The summed E-state index contributed by atoms with van der Waals surface area (Å²) in [6, 6.07) is 5.19. The average molecular weight is 357 g/mol. The number of para-hydroxylation sites is 1. The van der Waals surface area contributed by atoms with Gasteiger partial charge < -0.3 is 15.8 Å². The van der Waals surface area contributed by atoms with Gasteiger partial charge in [0.25, 0.3) is 0 Å². The van der Waals surface area contributed by atoms with Crippen LogP contribution in [0.15, 0.2) is 24.5 Å². The molecule has 1 unspecified atom stereocenters. The first-order valence-electron chi connectivity index (χ1n) is 8.64. The second kappa shape index (κ2) is 8.15. The largest absolute Gasteiger partial charge is 0.368 e. The van der Waals surface area contributed by atoms with E-state index >= 15 is 0 Å². The van der Waals surface area contributed by atoms with Gasteiger partial charge in [0.2, 0.25) is 5.91 Å². The third-order valence-corrected chi connectivity index (χ3v) is 4.74. The molecule has 9 heteroatoms. The summed E-state index contributed by atoms with van der Waals surface area (Å²) < 4.78 is 0. The first-order valence-corrected chi connectivity index (χ1v) is 8.64. The van der Waals surface area contributed by atoms with Crippen LogP contribution in [0.2, 0.25) is 0 Å².